The van der Waals surface area contributed by atoms with E-state index >= 15 is 0 Å². The van der Waals surface area contributed by atoms with Gasteiger partial charge in [0, 0.05) is 17.9 Å². The van der Waals surface area contributed by atoms with Crippen LogP contribution in [0.3, 0.4) is 0 Å². The number of hydrogen-bond donors (Lipinski definition) is 9. The maximum Gasteiger partial charge on any atom is 0.335 e. The number of benzene rings is 1. The van der Waals surface area contributed by atoms with E-state index in [4.69, 9.17) is 28.4 Å². The summed E-state index contributed by atoms with van der Waals surface area (Å²) in [5.74, 6) is -3.15. The predicted octanol–water partition coefficient (Wildman–Crippen LogP) is -2.60. The number of carbonyl (C=O) groups excluding carboxylic acids is 1. The van der Waals surface area contributed by atoms with Crippen molar-refractivity contribution >= 4 is 11.9 Å². The predicted molar refractivity (Wildman–Crippen MR) is 153 cm³/mol. The molecule has 17 nitrogen and oxygen atoms in total. The topological polar surface area (TPSA) is 272 Å². The van der Waals surface area contributed by atoms with Crippen molar-refractivity contribution in [3.05, 3.63) is 53.3 Å². The van der Waals surface area contributed by atoms with Crippen molar-refractivity contribution < 1.29 is 84.0 Å². The summed E-state index contributed by atoms with van der Waals surface area (Å²) in [6.07, 6.45) is -15.8. The summed E-state index contributed by atoms with van der Waals surface area (Å²) in [5.41, 5.74) is 0.586. The number of carbonyl (C=O) groups is 2. The number of aliphatic hydroxyl groups is 7. The molecule has 3 aliphatic rings. The summed E-state index contributed by atoms with van der Waals surface area (Å²) in [4.78, 5) is 24.8. The van der Waals surface area contributed by atoms with E-state index in [-0.39, 0.29) is 23.5 Å². The van der Waals surface area contributed by atoms with Crippen LogP contribution in [0.25, 0.3) is 0 Å². The molecule has 0 saturated carbocycles. The smallest absolute Gasteiger partial charge is 0.335 e. The highest BCUT2D eigenvalue weighted by molar-refractivity contribution is 5.89. The molecule has 1 aromatic carbocycles. The molecule has 0 amide bonds. The molecule has 0 aromatic heterocycles. The average molecular weight is 673 g/mol. The second kappa shape index (κ2) is 16.3. The molecule has 3 heterocycles. The van der Waals surface area contributed by atoms with Gasteiger partial charge in [-0.25, -0.2) is 4.79 Å². The van der Waals surface area contributed by atoms with E-state index in [2.05, 4.69) is 0 Å². The third-order valence-electron chi connectivity index (χ3n) is 8.08. The van der Waals surface area contributed by atoms with Crippen LogP contribution in [-0.2, 0) is 44.4 Å². The van der Waals surface area contributed by atoms with Crippen LogP contribution in [0.4, 0.5) is 0 Å². The summed E-state index contributed by atoms with van der Waals surface area (Å²) in [6, 6.07) is 6.39. The number of rotatable bonds is 12. The number of aliphatic hydroxyl groups excluding tert-OH is 7. The van der Waals surface area contributed by atoms with E-state index in [1.165, 1.54) is 25.1 Å². The molecule has 9 N–H and O–H groups in total. The molecule has 0 aliphatic carbocycles. The van der Waals surface area contributed by atoms with Gasteiger partial charge in [0.05, 0.1) is 38.1 Å². The van der Waals surface area contributed by atoms with Crippen molar-refractivity contribution in [2.24, 2.45) is 5.92 Å². The molecule has 4 rings (SSSR count). The monoisotopic (exact) mass is 672 g/mol. The third-order valence-corrected chi connectivity index (χ3v) is 8.08. The molecule has 17 heteroatoms. The Hall–Kier alpha value is -3.20. The number of phenols is 1. The van der Waals surface area contributed by atoms with Gasteiger partial charge in [-0.2, -0.15) is 0 Å². The van der Waals surface area contributed by atoms with Crippen molar-refractivity contribution in [3.8, 4) is 5.75 Å². The van der Waals surface area contributed by atoms with Crippen LogP contribution in [-0.4, -0.2) is 145 Å². The molecule has 2 fully saturated rings. The molecular weight excluding hydrogens is 632 g/mol. The normalized spacial score (nSPS) is 36.8. The van der Waals surface area contributed by atoms with Crippen LogP contribution >= 0.6 is 0 Å². The molecule has 2 saturated heterocycles. The second-order valence-electron chi connectivity index (χ2n) is 11.2. The first kappa shape index (κ1) is 36.6. The largest absolute Gasteiger partial charge is 0.508 e. The highest BCUT2D eigenvalue weighted by Crippen LogP contribution is 2.36. The van der Waals surface area contributed by atoms with Crippen molar-refractivity contribution in [2.45, 2.75) is 87.5 Å². The van der Waals surface area contributed by atoms with Gasteiger partial charge in [0.15, 0.2) is 12.6 Å². The first-order chi connectivity index (χ1) is 22.4. The van der Waals surface area contributed by atoms with Gasteiger partial charge < -0.3 is 74.4 Å². The Labute approximate surface area is 268 Å². The third kappa shape index (κ3) is 8.64. The zero-order chi connectivity index (χ0) is 34.4. The van der Waals surface area contributed by atoms with E-state index in [0.29, 0.717) is 12.0 Å². The maximum absolute atomic E-state index is 12.8. The molecule has 0 radical (unpaired) electrons. The molecule has 3 aliphatic heterocycles. The Kier molecular flexibility index (Phi) is 12.7. The summed E-state index contributed by atoms with van der Waals surface area (Å²) in [6.45, 7) is 0.180. The fourth-order valence-electron chi connectivity index (χ4n) is 5.42. The van der Waals surface area contributed by atoms with Gasteiger partial charge >= 0.3 is 11.9 Å². The number of hydrogen-bond acceptors (Lipinski definition) is 16. The first-order valence-electron chi connectivity index (χ1n) is 14.8. The quantitative estimate of drug-likeness (QED) is 0.0813. The summed E-state index contributed by atoms with van der Waals surface area (Å²) in [5, 5.41) is 90.6. The Bertz CT molecular complexity index is 1280. The first-order valence-corrected chi connectivity index (χ1v) is 14.8. The molecule has 262 valence electrons. The van der Waals surface area contributed by atoms with Crippen LogP contribution in [0, 0.1) is 5.92 Å². The Morgan fingerprint density at radius 1 is 0.915 bits per heavy atom. The Morgan fingerprint density at radius 3 is 2.21 bits per heavy atom. The molecule has 12 atom stereocenters. The summed E-state index contributed by atoms with van der Waals surface area (Å²) in [7, 11) is 0. The van der Waals surface area contributed by atoms with Gasteiger partial charge in [-0.15, -0.1) is 0 Å². The Balaban J connectivity index is 1.41. The second-order valence-corrected chi connectivity index (χ2v) is 11.2. The molecule has 0 spiro atoms. The number of phenolic OH excluding ortho intramolecular Hbond substituents is 1. The van der Waals surface area contributed by atoms with Gasteiger partial charge in [-0.1, -0.05) is 18.2 Å². The zero-order valence-corrected chi connectivity index (χ0v) is 25.2. The van der Waals surface area contributed by atoms with Crippen LogP contribution < -0.4 is 0 Å². The van der Waals surface area contributed by atoms with Crippen LogP contribution in [0.2, 0.25) is 0 Å². The van der Waals surface area contributed by atoms with E-state index in [0.717, 1.165) is 6.26 Å². The van der Waals surface area contributed by atoms with Crippen LogP contribution in [0.5, 0.6) is 5.75 Å². The van der Waals surface area contributed by atoms with Crippen molar-refractivity contribution in [1.29, 1.82) is 0 Å². The maximum atomic E-state index is 12.8. The lowest BCUT2D eigenvalue weighted by Gasteiger charge is -2.43. The summed E-state index contributed by atoms with van der Waals surface area (Å²) >= 11 is 0. The fourth-order valence-corrected chi connectivity index (χ4v) is 5.42. The van der Waals surface area contributed by atoms with E-state index < -0.39 is 105 Å². The van der Waals surface area contributed by atoms with Gasteiger partial charge in [0.2, 0.25) is 6.29 Å². The van der Waals surface area contributed by atoms with Crippen molar-refractivity contribution in [2.75, 3.05) is 19.8 Å². The van der Waals surface area contributed by atoms with Crippen LogP contribution in [0.1, 0.15) is 18.9 Å². The van der Waals surface area contributed by atoms with Gasteiger partial charge in [0.25, 0.3) is 0 Å². The number of carboxylic acid groups (broad SMARTS) is 1. The molecule has 0 bridgehead atoms. The standard InChI is InChI=1S/C30H40O17/c1-2-15-16(9-20(33)42-7-6-13-4-3-5-14(32)8-13)17(27(40)41)11-43-28(15)47-30-26(39)24(37)22(35)19(46-30)12-44-29-25(38)23(36)21(34)18(10-31)45-29/h2-5,8,11,16,18-19,21-26,28-32,34-39H,6-7,9-10,12H2,1H3,(H,40,41)/b15-2+/t16-,18+,19+,21+,22+,23-,24-,25+,26+,28?,29+,30-/m0/s1. The molecular formula is C30H40O17. The van der Waals surface area contributed by atoms with Crippen molar-refractivity contribution in [3.63, 3.8) is 0 Å². The van der Waals surface area contributed by atoms with E-state index in [9.17, 15) is 55.5 Å². The lowest BCUT2D eigenvalue weighted by molar-refractivity contribution is -0.344. The highest BCUT2D eigenvalue weighted by atomic mass is 16.8. The van der Waals surface area contributed by atoms with Gasteiger partial charge in [-0.05, 0) is 24.6 Å². The zero-order valence-electron chi connectivity index (χ0n) is 25.2. The minimum absolute atomic E-state index is 0.0440. The number of carboxylic acids is 1. The SMILES string of the molecule is C/C=C1/C(O[C@@H]2O[C@H](CO[C@@H]3O[C@H](CO)[C@@H](O)[C@H](O)[C@H]3O)[C@@H](O)[C@H](O)[C@H]2O)OC=C(C(=O)O)[C@H]1CC(=O)OCCc1cccc(O)c1. The fraction of sp³-hybridized carbons (Fsp3) is 0.600. The number of ether oxygens (including phenoxy) is 6. The summed E-state index contributed by atoms with van der Waals surface area (Å²) < 4.78 is 32.9. The number of aliphatic carboxylic acids is 1. The number of allylic oxidation sites excluding steroid dienone is 1. The van der Waals surface area contributed by atoms with Gasteiger partial charge in [0.1, 0.15) is 54.6 Å². The lowest BCUT2D eigenvalue weighted by Crippen LogP contribution is -2.62. The molecule has 47 heavy (non-hydrogen) atoms. The Morgan fingerprint density at radius 2 is 1.57 bits per heavy atom. The van der Waals surface area contributed by atoms with E-state index in [1.54, 1.807) is 12.1 Å². The van der Waals surface area contributed by atoms with Crippen molar-refractivity contribution in [1.82, 2.24) is 0 Å². The highest BCUT2D eigenvalue weighted by Gasteiger charge is 2.49. The van der Waals surface area contributed by atoms with Crippen LogP contribution in [0.15, 0.2) is 47.7 Å². The molecule has 1 aromatic rings. The lowest BCUT2D eigenvalue weighted by atomic mass is 9.86. The van der Waals surface area contributed by atoms with E-state index in [1.807, 2.05) is 0 Å². The molecule has 1 unspecified atom stereocenters. The number of aromatic hydroxyl groups is 1. The number of esters is 1. The van der Waals surface area contributed by atoms with Gasteiger partial charge in [-0.3, -0.25) is 4.79 Å². The average Bonchev–Trinajstić information content (AvgIpc) is 3.04. The minimum atomic E-state index is -1.85. The minimum Gasteiger partial charge on any atom is -0.508 e.